The zero-order chi connectivity index (χ0) is 17.7. The van der Waals surface area contributed by atoms with Gasteiger partial charge in [-0.15, -0.1) is 0 Å². The summed E-state index contributed by atoms with van der Waals surface area (Å²) in [5.41, 5.74) is -0.198. The van der Waals surface area contributed by atoms with Crippen LogP contribution in [0.4, 0.5) is 14.5 Å². The number of halogens is 2. The van der Waals surface area contributed by atoms with Crippen LogP contribution in [0.2, 0.25) is 0 Å². The number of carbonyl (C=O) groups is 3. The lowest BCUT2D eigenvalue weighted by Gasteiger charge is -2.16. The molecule has 1 fully saturated rings. The van der Waals surface area contributed by atoms with Gasteiger partial charge < -0.3 is 10.1 Å². The third kappa shape index (κ3) is 4.54. The highest BCUT2D eigenvalue weighted by atomic mass is 32.2. The predicted molar refractivity (Wildman–Crippen MR) is 83.9 cm³/mol. The maximum atomic E-state index is 13.5. The summed E-state index contributed by atoms with van der Waals surface area (Å²) in [6, 6.07) is 2.72. The van der Waals surface area contributed by atoms with Crippen molar-refractivity contribution in [1.82, 2.24) is 4.90 Å². The zero-order valence-corrected chi connectivity index (χ0v) is 13.5. The molecule has 0 saturated carbocycles. The van der Waals surface area contributed by atoms with E-state index in [1.54, 1.807) is 6.92 Å². The Bertz CT molecular complexity index is 709. The highest BCUT2D eigenvalue weighted by Crippen LogP contribution is 2.28. The Morgan fingerprint density at radius 2 is 2.17 bits per heavy atom. The third-order valence-electron chi connectivity index (χ3n) is 2.95. The first-order valence-corrected chi connectivity index (χ1v) is 7.95. The van der Waals surface area contributed by atoms with Gasteiger partial charge in [0.1, 0.15) is 18.2 Å². The zero-order valence-electron chi connectivity index (χ0n) is 12.7. The van der Waals surface area contributed by atoms with Crippen LogP contribution in [-0.2, 0) is 19.1 Å². The molecule has 1 heterocycles. The average Bonchev–Trinajstić information content (AvgIpc) is 2.83. The second kappa shape index (κ2) is 7.91. The van der Waals surface area contributed by atoms with Crippen molar-refractivity contribution in [1.29, 1.82) is 0 Å². The number of ether oxygens (including phenoxy) is 1. The molecular formula is C15H14F2N2O4S. The number of benzene rings is 1. The van der Waals surface area contributed by atoms with Crippen molar-refractivity contribution in [3.8, 4) is 0 Å². The fraction of sp³-hybridized carbons (Fsp3) is 0.267. The summed E-state index contributed by atoms with van der Waals surface area (Å²) in [7, 11) is 0. The fourth-order valence-corrected chi connectivity index (χ4v) is 2.84. The number of nitrogens with one attached hydrogen (secondary N) is 1. The van der Waals surface area contributed by atoms with E-state index in [4.69, 9.17) is 4.74 Å². The highest BCUT2D eigenvalue weighted by Gasteiger charge is 2.29. The second-order valence-electron chi connectivity index (χ2n) is 4.68. The fourth-order valence-electron chi connectivity index (χ4n) is 1.91. The van der Waals surface area contributed by atoms with Gasteiger partial charge in [0, 0.05) is 6.07 Å². The molecule has 0 unspecified atom stereocenters. The second-order valence-corrected chi connectivity index (χ2v) is 5.67. The topological polar surface area (TPSA) is 75.7 Å². The molecular weight excluding hydrogens is 342 g/mol. The van der Waals surface area contributed by atoms with Crippen molar-refractivity contribution in [2.45, 2.75) is 6.92 Å². The molecule has 0 bridgehead atoms. The molecule has 1 saturated heterocycles. The lowest BCUT2D eigenvalue weighted by molar-refractivity contribution is -0.137. The number of hydrogen-bond acceptors (Lipinski definition) is 5. The maximum absolute atomic E-state index is 13.5. The van der Waals surface area contributed by atoms with Gasteiger partial charge in [-0.05, 0) is 19.1 Å². The monoisotopic (exact) mass is 356 g/mol. The summed E-state index contributed by atoms with van der Waals surface area (Å²) < 4.78 is 31.1. The van der Waals surface area contributed by atoms with E-state index in [2.05, 4.69) is 5.32 Å². The van der Waals surface area contributed by atoms with Crippen LogP contribution >= 0.6 is 11.8 Å². The molecule has 1 aliphatic rings. The molecule has 1 N–H and O–H groups in total. The Labute approximate surface area is 140 Å². The quantitative estimate of drug-likeness (QED) is 0.644. The molecule has 1 aromatic rings. The van der Waals surface area contributed by atoms with Crippen molar-refractivity contribution in [3.05, 3.63) is 40.9 Å². The third-order valence-corrected chi connectivity index (χ3v) is 3.97. The van der Waals surface area contributed by atoms with Gasteiger partial charge in [-0.1, -0.05) is 11.8 Å². The van der Waals surface area contributed by atoms with Crippen LogP contribution < -0.4 is 5.32 Å². The Hall–Kier alpha value is -2.42. The highest BCUT2D eigenvalue weighted by molar-refractivity contribution is 8.04. The minimum Gasteiger partial charge on any atom is -0.463 e. The van der Waals surface area contributed by atoms with E-state index in [-0.39, 0.29) is 29.0 Å². The Kier molecular flexibility index (Phi) is 5.91. The molecule has 6 nitrogen and oxygen atoms in total. The number of esters is 1. The van der Waals surface area contributed by atoms with E-state index in [0.717, 1.165) is 34.9 Å². The summed E-state index contributed by atoms with van der Waals surface area (Å²) >= 11 is 1.10. The van der Waals surface area contributed by atoms with Crippen LogP contribution in [0, 0.1) is 11.6 Å². The van der Waals surface area contributed by atoms with Gasteiger partial charge >= 0.3 is 5.97 Å². The Balaban J connectivity index is 2.05. The largest absolute Gasteiger partial charge is 0.463 e. The predicted octanol–water partition coefficient (Wildman–Crippen LogP) is 1.88. The van der Waals surface area contributed by atoms with Gasteiger partial charge in [0.25, 0.3) is 0 Å². The van der Waals surface area contributed by atoms with Crippen LogP contribution in [0.15, 0.2) is 29.3 Å². The van der Waals surface area contributed by atoms with Crippen LogP contribution in [0.25, 0.3) is 0 Å². The van der Waals surface area contributed by atoms with Gasteiger partial charge in [0.05, 0.1) is 29.2 Å². The molecule has 0 spiro atoms. The number of anilines is 1. The van der Waals surface area contributed by atoms with E-state index >= 15 is 0 Å². The normalized spacial score (nSPS) is 15.7. The molecule has 128 valence electrons. The summed E-state index contributed by atoms with van der Waals surface area (Å²) in [5.74, 6) is -3.26. The molecule has 2 rings (SSSR count). The van der Waals surface area contributed by atoms with E-state index in [1.807, 2.05) is 0 Å². The average molecular weight is 356 g/mol. The molecule has 0 aromatic heterocycles. The summed E-state index contributed by atoms with van der Waals surface area (Å²) in [4.78, 5) is 36.4. The van der Waals surface area contributed by atoms with Crippen LogP contribution in [0.1, 0.15) is 6.92 Å². The first-order chi connectivity index (χ1) is 11.4. The summed E-state index contributed by atoms with van der Waals surface area (Å²) in [6.45, 7) is 1.44. The van der Waals surface area contributed by atoms with Crippen LogP contribution in [0.3, 0.4) is 0 Å². The smallest absolute Gasteiger partial charge is 0.333 e. The van der Waals surface area contributed by atoms with Gasteiger partial charge in [-0.25, -0.2) is 13.6 Å². The van der Waals surface area contributed by atoms with E-state index in [1.165, 1.54) is 0 Å². The Morgan fingerprint density at radius 1 is 1.42 bits per heavy atom. The molecule has 0 atom stereocenters. The number of amides is 2. The molecule has 24 heavy (non-hydrogen) atoms. The SMILES string of the molecule is CCOC(=O)/C=C1/SCC(=O)N1CC(=O)Nc1ccc(F)cc1F. The number of hydrogen-bond donors (Lipinski definition) is 1. The van der Waals surface area contributed by atoms with Gasteiger partial charge in [0.15, 0.2) is 0 Å². The van der Waals surface area contributed by atoms with Crippen molar-refractivity contribution in [2.75, 3.05) is 24.2 Å². The van der Waals surface area contributed by atoms with Gasteiger partial charge in [-0.2, -0.15) is 0 Å². The standard InChI is InChI=1S/C15H14F2N2O4S/c1-2-23-15(22)6-14-19(13(21)8-24-14)7-12(20)18-11-4-3-9(16)5-10(11)17/h3-6H,2,7-8H2,1H3,(H,18,20)/b14-6+. The maximum Gasteiger partial charge on any atom is 0.333 e. The lowest BCUT2D eigenvalue weighted by atomic mass is 10.3. The molecule has 1 aromatic carbocycles. The van der Waals surface area contributed by atoms with Crippen LogP contribution in [-0.4, -0.2) is 41.6 Å². The van der Waals surface area contributed by atoms with E-state index < -0.39 is 30.1 Å². The molecule has 0 aliphatic carbocycles. The van der Waals surface area contributed by atoms with E-state index in [0.29, 0.717) is 6.07 Å². The molecule has 0 radical (unpaired) electrons. The number of nitrogens with zero attached hydrogens (tertiary/aromatic N) is 1. The number of rotatable bonds is 5. The molecule has 9 heteroatoms. The van der Waals surface area contributed by atoms with Crippen molar-refractivity contribution in [3.63, 3.8) is 0 Å². The van der Waals surface area contributed by atoms with Crippen LogP contribution in [0.5, 0.6) is 0 Å². The first-order valence-electron chi connectivity index (χ1n) is 6.97. The molecule has 2 amide bonds. The van der Waals surface area contributed by atoms with Gasteiger partial charge in [-0.3, -0.25) is 14.5 Å². The van der Waals surface area contributed by atoms with E-state index in [9.17, 15) is 23.2 Å². The minimum absolute atomic E-state index is 0.0867. The number of carbonyl (C=O) groups excluding carboxylic acids is 3. The lowest BCUT2D eigenvalue weighted by Crippen LogP contribution is -2.34. The number of thioether (sulfide) groups is 1. The molecule has 1 aliphatic heterocycles. The van der Waals surface area contributed by atoms with Gasteiger partial charge in [0.2, 0.25) is 11.8 Å². The van der Waals surface area contributed by atoms with Crippen molar-refractivity contribution < 1.29 is 27.9 Å². The summed E-state index contributed by atoms with van der Waals surface area (Å²) in [5, 5.41) is 2.54. The van der Waals surface area contributed by atoms with Crippen molar-refractivity contribution in [2.24, 2.45) is 0 Å². The van der Waals surface area contributed by atoms with Crippen molar-refractivity contribution >= 4 is 35.2 Å². The Morgan fingerprint density at radius 3 is 2.83 bits per heavy atom. The first kappa shape index (κ1) is 17.9. The summed E-state index contributed by atoms with van der Waals surface area (Å²) in [6.07, 6.45) is 1.13. The minimum atomic E-state index is -0.923.